The van der Waals surface area contributed by atoms with Gasteiger partial charge in [0.25, 0.3) is 5.91 Å². The van der Waals surface area contributed by atoms with Crippen LogP contribution in [-0.2, 0) is 0 Å². The molecule has 0 aliphatic carbocycles. The lowest BCUT2D eigenvalue weighted by molar-refractivity contribution is 0.0768. The average molecular weight is 397 g/mol. The number of aryl methyl sites for hydroxylation is 1. The molecule has 3 aromatic carbocycles. The maximum atomic E-state index is 13.6. The Kier molecular flexibility index (Phi) is 4.92. The quantitative estimate of drug-likeness (QED) is 0.619. The first-order valence-corrected chi connectivity index (χ1v) is 10.8. The van der Waals surface area contributed by atoms with Crippen LogP contribution in [0.25, 0.3) is 11.1 Å². The Morgan fingerprint density at radius 1 is 0.867 bits per heavy atom. The molecule has 0 saturated carbocycles. The first-order valence-electron chi connectivity index (χ1n) is 10.8. The fourth-order valence-corrected chi connectivity index (χ4v) is 5.48. The van der Waals surface area contributed by atoms with Gasteiger partial charge in [-0.15, -0.1) is 0 Å². The van der Waals surface area contributed by atoms with E-state index >= 15 is 0 Å². The van der Waals surface area contributed by atoms with Gasteiger partial charge in [-0.1, -0.05) is 78.4 Å². The van der Waals surface area contributed by atoms with E-state index in [0.29, 0.717) is 17.9 Å². The van der Waals surface area contributed by atoms with Crippen LogP contribution >= 0.6 is 0 Å². The van der Waals surface area contributed by atoms with E-state index in [1.54, 1.807) is 0 Å². The zero-order valence-corrected chi connectivity index (χ0v) is 17.7. The van der Waals surface area contributed by atoms with Gasteiger partial charge in [0.1, 0.15) is 0 Å². The summed E-state index contributed by atoms with van der Waals surface area (Å²) in [6.07, 6.45) is 0. The predicted octanol–water partition coefficient (Wildman–Crippen LogP) is 5.04. The number of benzene rings is 3. The molecule has 5 rings (SSSR count). The monoisotopic (exact) mass is 396 g/mol. The second-order valence-corrected chi connectivity index (χ2v) is 8.84. The van der Waals surface area contributed by atoms with E-state index in [9.17, 15) is 4.79 Å². The number of amides is 1. The highest BCUT2D eigenvalue weighted by Gasteiger charge is 2.47. The third-order valence-electron chi connectivity index (χ3n) is 6.81. The molecule has 3 aromatic rings. The van der Waals surface area contributed by atoms with E-state index < -0.39 is 0 Å². The number of nitrogens with zero attached hydrogens (tertiary/aromatic N) is 2. The largest absolute Gasteiger partial charge is 0.338 e. The Balaban J connectivity index is 1.42. The minimum atomic E-state index is 0.163. The Bertz CT molecular complexity index is 1060. The third kappa shape index (κ3) is 3.33. The van der Waals surface area contributed by atoms with Gasteiger partial charge in [-0.3, -0.25) is 9.69 Å². The van der Waals surface area contributed by atoms with Crippen molar-refractivity contribution in [3.8, 4) is 11.1 Å². The van der Waals surface area contributed by atoms with Gasteiger partial charge in [-0.25, -0.2) is 0 Å². The molecule has 0 unspecified atom stereocenters. The number of likely N-dealkylation sites (tertiary alicyclic amines) is 2. The van der Waals surface area contributed by atoms with Crippen LogP contribution in [0.15, 0.2) is 78.9 Å². The molecule has 30 heavy (non-hydrogen) atoms. The van der Waals surface area contributed by atoms with Crippen LogP contribution in [-0.4, -0.2) is 42.4 Å². The van der Waals surface area contributed by atoms with Gasteiger partial charge in [-0.2, -0.15) is 0 Å². The molecule has 3 heteroatoms. The first-order chi connectivity index (χ1) is 14.6. The Morgan fingerprint density at radius 3 is 2.43 bits per heavy atom. The molecule has 1 amide bonds. The molecule has 3 nitrogen and oxygen atoms in total. The average Bonchev–Trinajstić information content (AvgIpc) is 3.30. The Hall–Kier alpha value is -2.91. The van der Waals surface area contributed by atoms with Gasteiger partial charge in [0.2, 0.25) is 0 Å². The highest BCUT2D eigenvalue weighted by molar-refractivity contribution is 6.01. The topological polar surface area (TPSA) is 23.6 Å². The van der Waals surface area contributed by atoms with Gasteiger partial charge < -0.3 is 4.90 Å². The van der Waals surface area contributed by atoms with Crippen LogP contribution in [0.2, 0.25) is 0 Å². The van der Waals surface area contributed by atoms with Crippen molar-refractivity contribution in [2.75, 3.05) is 26.7 Å². The molecule has 2 saturated heterocycles. The molecule has 0 N–H and O–H groups in total. The zero-order valence-electron chi connectivity index (χ0n) is 17.7. The van der Waals surface area contributed by atoms with Crippen molar-refractivity contribution in [1.82, 2.24) is 9.80 Å². The zero-order chi connectivity index (χ0) is 20.7. The summed E-state index contributed by atoms with van der Waals surface area (Å²) in [5.41, 5.74) is 5.52. The van der Waals surface area contributed by atoms with Crippen molar-refractivity contribution >= 4 is 5.91 Å². The first kappa shape index (κ1) is 19.1. The van der Waals surface area contributed by atoms with Crippen LogP contribution in [0.4, 0.5) is 0 Å². The lowest BCUT2D eigenvalue weighted by atomic mass is 9.90. The van der Waals surface area contributed by atoms with Crippen molar-refractivity contribution in [2.24, 2.45) is 11.8 Å². The summed E-state index contributed by atoms with van der Waals surface area (Å²) < 4.78 is 0. The van der Waals surface area contributed by atoms with Gasteiger partial charge in [-0.05, 0) is 42.6 Å². The summed E-state index contributed by atoms with van der Waals surface area (Å²) >= 11 is 0. The normalized spacial score (nSPS) is 23.5. The number of hydrogen-bond acceptors (Lipinski definition) is 2. The molecule has 0 bridgehead atoms. The van der Waals surface area contributed by atoms with Crippen molar-refractivity contribution in [1.29, 1.82) is 0 Å². The smallest absolute Gasteiger partial charge is 0.254 e. The van der Waals surface area contributed by atoms with Crippen molar-refractivity contribution in [3.05, 3.63) is 95.6 Å². The van der Waals surface area contributed by atoms with Crippen LogP contribution in [0.1, 0.15) is 27.5 Å². The summed E-state index contributed by atoms with van der Waals surface area (Å²) in [5.74, 6) is 1.19. The van der Waals surface area contributed by atoms with E-state index in [-0.39, 0.29) is 5.91 Å². The van der Waals surface area contributed by atoms with Crippen LogP contribution in [0.5, 0.6) is 0 Å². The molecular weight excluding hydrogens is 368 g/mol. The molecule has 152 valence electrons. The second kappa shape index (κ2) is 7.73. The second-order valence-electron chi connectivity index (χ2n) is 8.84. The van der Waals surface area contributed by atoms with Gasteiger partial charge in [0.15, 0.2) is 0 Å². The molecule has 2 aliphatic rings. The molecule has 2 aliphatic heterocycles. The summed E-state index contributed by atoms with van der Waals surface area (Å²) in [4.78, 5) is 18.1. The van der Waals surface area contributed by atoms with E-state index in [4.69, 9.17) is 0 Å². The fraction of sp³-hybridized carbons (Fsp3) is 0.296. The highest BCUT2D eigenvalue weighted by atomic mass is 16.2. The van der Waals surface area contributed by atoms with E-state index in [2.05, 4.69) is 84.4 Å². The van der Waals surface area contributed by atoms with Crippen LogP contribution < -0.4 is 0 Å². The standard InChI is InChI=1S/C27H28N2O/c1-19-9-8-12-21(15-19)23-13-6-7-14-24(23)27(30)29-17-22-16-28(2)26(25(22)18-29)20-10-4-3-5-11-20/h3-15,22,25-26H,16-18H2,1-2H3/t22-,25+,26-/m0/s1. The fourth-order valence-electron chi connectivity index (χ4n) is 5.48. The molecule has 0 aromatic heterocycles. The number of carbonyl (C=O) groups is 1. The maximum Gasteiger partial charge on any atom is 0.254 e. The highest BCUT2D eigenvalue weighted by Crippen LogP contribution is 2.44. The lowest BCUT2D eigenvalue weighted by Crippen LogP contribution is -2.33. The van der Waals surface area contributed by atoms with Crippen LogP contribution in [0.3, 0.4) is 0 Å². The van der Waals surface area contributed by atoms with Gasteiger partial charge in [0, 0.05) is 37.2 Å². The minimum Gasteiger partial charge on any atom is -0.338 e. The predicted molar refractivity (Wildman–Crippen MR) is 121 cm³/mol. The van der Waals surface area contributed by atoms with Gasteiger partial charge >= 0.3 is 0 Å². The van der Waals surface area contributed by atoms with Crippen molar-refractivity contribution < 1.29 is 4.79 Å². The Morgan fingerprint density at radius 2 is 1.63 bits per heavy atom. The van der Waals surface area contributed by atoms with Crippen molar-refractivity contribution in [2.45, 2.75) is 13.0 Å². The number of fused-ring (bicyclic) bond motifs is 1. The molecule has 0 spiro atoms. The number of carbonyl (C=O) groups excluding carboxylic acids is 1. The summed E-state index contributed by atoms with van der Waals surface area (Å²) in [5, 5.41) is 0. The Labute approximate surface area is 178 Å². The van der Waals surface area contributed by atoms with E-state index in [1.807, 2.05) is 18.2 Å². The van der Waals surface area contributed by atoms with Gasteiger partial charge in [0.05, 0.1) is 0 Å². The number of hydrogen-bond donors (Lipinski definition) is 0. The third-order valence-corrected chi connectivity index (χ3v) is 6.81. The molecule has 0 radical (unpaired) electrons. The van der Waals surface area contributed by atoms with Crippen LogP contribution in [0, 0.1) is 18.8 Å². The van der Waals surface area contributed by atoms with Crippen molar-refractivity contribution in [3.63, 3.8) is 0 Å². The summed E-state index contributed by atoms with van der Waals surface area (Å²) in [7, 11) is 2.22. The molecule has 2 fully saturated rings. The molecule has 2 heterocycles. The maximum absolute atomic E-state index is 13.6. The number of rotatable bonds is 3. The lowest BCUT2D eigenvalue weighted by Gasteiger charge is -2.27. The van der Waals surface area contributed by atoms with E-state index in [1.165, 1.54) is 11.1 Å². The molecular formula is C27H28N2O. The van der Waals surface area contributed by atoms with E-state index in [0.717, 1.165) is 36.3 Å². The SMILES string of the molecule is Cc1cccc(-c2ccccc2C(=O)N2C[C@@H]3CN(C)[C@@H](c4ccccc4)[C@@H]3C2)c1. The minimum absolute atomic E-state index is 0.163. The summed E-state index contributed by atoms with van der Waals surface area (Å²) in [6, 6.07) is 27.6. The summed E-state index contributed by atoms with van der Waals surface area (Å²) in [6.45, 7) is 4.82. The molecule has 3 atom stereocenters.